The molecule has 5 nitrogen and oxygen atoms in total. The number of likely N-dealkylation sites (tertiary alicyclic amines) is 1. The summed E-state index contributed by atoms with van der Waals surface area (Å²) in [5.74, 6) is 0.658. The Morgan fingerprint density at radius 3 is 2.45 bits per heavy atom. The van der Waals surface area contributed by atoms with Crippen LogP contribution in [0.2, 0.25) is 5.02 Å². The number of nitrogens with zero attached hydrogens (tertiary/aromatic N) is 1. The molecule has 2 aliphatic rings. The zero-order chi connectivity index (χ0) is 22.2. The van der Waals surface area contributed by atoms with Crippen LogP contribution in [0.3, 0.4) is 0 Å². The molecule has 1 saturated heterocycles. The third-order valence-corrected chi connectivity index (χ3v) is 5.80. The van der Waals surface area contributed by atoms with Gasteiger partial charge in [0.15, 0.2) is 17.6 Å². The number of benzene rings is 2. The summed E-state index contributed by atoms with van der Waals surface area (Å²) in [5, 5.41) is 0.656. The van der Waals surface area contributed by atoms with E-state index in [0.717, 1.165) is 5.56 Å². The van der Waals surface area contributed by atoms with Crippen molar-refractivity contribution < 1.29 is 23.4 Å². The molecule has 0 radical (unpaired) electrons. The number of hydrogen-bond donors (Lipinski definition) is 0. The van der Waals surface area contributed by atoms with Crippen molar-refractivity contribution in [2.45, 2.75) is 51.2 Å². The van der Waals surface area contributed by atoms with Crippen LogP contribution in [0.15, 0.2) is 36.4 Å². The average molecular weight is 448 g/mol. The predicted octanol–water partition coefficient (Wildman–Crippen LogP) is 6.11. The number of amides is 1. The number of piperidine rings is 1. The van der Waals surface area contributed by atoms with Crippen molar-refractivity contribution >= 4 is 17.7 Å². The van der Waals surface area contributed by atoms with Crippen molar-refractivity contribution in [3.8, 4) is 11.5 Å². The Morgan fingerprint density at radius 1 is 1.13 bits per heavy atom. The maximum absolute atomic E-state index is 14.8. The van der Waals surface area contributed by atoms with E-state index in [1.165, 1.54) is 6.07 Å². The maximum atomic E-state index is 14.8. The fourth-order valence-electron chi connectivity index (χ4n) is 4.04. The van der Waals surface area contributed by atoms with Gasteiger partial charge >= 0.3 is 6.09 Å². The van der Waals surface area contributed by atoms with Gasteiger partial charge in [-0.1, -0.05) is 23.7 Å². The summed E-state index contributed by atoms with van der Waals surface area (Å²) in [7, 11) is 0. The standard InChI is InChI=1S/C24H27ClFNO4/c1-24(2,3)31-23(28)27-12-10-16(11-13-27)21-18(26)8-9-19-22(21)29-14-20(30-19)15-4-6-17(25)7-5-15/h4-9,16,20H,10-14H2,1-3H3/t20-/m0/s1. The SMILES string of the molecule is CC(C)(C)OC(=O)N1CCC(c2c(F)ccc3c2OC[C@@H](c2ccc(Cl)cc2)O3)CC1. The summed E-state index contributed by atoms with van der Waals surface area (Å²) in [4.78, 5) is 14.0. The van der Waals surface area contributed by atoms with Crippen LogP contribution in [-0.4, -0.2) is 36.3 Å². The van der Waals surface area contributed by atoms with Crippen LogP contribution in [-0.2, 0) is 4.74 Å². The van der Waals surface area contributed by atoms with Gasteiger partial charge in [-0.3, -0.25) is 0 Å². The van der Waals surface area contributed by atoms with Gasteiger partial charge < -0.3 is 19.1 Å². The molecule has 7 heteroatoms. The van der Waals surface area contributed by atoms with E-state index < -0.39 is 5.60 Å². The largest absolute Gasteiger partial charge is 0.485 e. The quantitative estimate of drug-likeness (QED) is 0.557. The molecule has 31 heavy (non-hydrogen) atoms. The summed E-state index contributed by atoms with van der Waals surface area (Å²) < 4.78 is 32.5. The van der Waals surface area contributed by atoms with E-state index in [9.17, 15) is 9.18 Å². The number of fused-ring (bicyclic) bond motifs is 1. The Labute approximate surface area is 187 Å². The summed E-state index contributed by atoms with van der Waals surface area (Å²) in [5.41, 5.74) is 0.951. The van der Waals surface area contributed by atoms with Crippen molar-refractivity contribution in [2.75, 3.05) is 19.7 Å². The normalized spacial score (nSPS) is 19.3. The Morgan fingerprint density at radius 2 is 1.81 bits per heavy atom. The van der Waals surface area contributed by atoms with Crippen molar-refractivity contribution in [1.82, 2.24) is 4.90 Å². The highest BCUT2D eigenvalue weighted by Gasteiger charge is 2.33. The molecule has 2 aromatic rings. The summed E-state index contributed by atoms with van der Waals surface area (Å²) in [6, 6.07) is 10.5. The molecule has 4 rings (SSSR count). The molecule has 1 atom stereocenters. The zero-order valence-corrected chi connectivity index (χ0v) is 18.7. The van der Waals surface area contributed by atoms with Crippen LogP contribution in [0, 0.1) is 5.82 Å². The topological polar surface area (TPSA) is 48.0 Å². The van der Waals surface area contributed by atoms with E-state index in [0.29, 0.717) is 54.6 Å². The summed E-state index contributed by atoms with van der Waals surface area (Å²) in [6.45, 7) is 6.85. The lowest BCUT2D eigenvalue weighted by atomic mass is 9.88. The lowest BCUT2D eigenvalue weighted by molar-refractivity contribution is 0.0202. The van der Waals surface area contributed by atoms with Gasteiger partial charge in [0.2, 0.25) is 0 Å². The minimum atomic E-state index is -0.537. The number of hydrogen-bond acceptors (Lipinski definition) is 4. The molecule has 0 spiro atoms. The second-order valence-electron chi connectivity index (χ2n) is 9.00. The van der Waals surface area contributed by atoms with Crippen LogP contribution in [0.25, 0.3) is 0 Å². The third kappa shape index (κ3) is 4.90. The number of ether oxygens (including phenoxy) is 3. The van der Waals surface area contributed by atoms with E-state index in [1.54, 1.807) is 11.0 Å². The Balaban J connectivity index is 1.48. The van der Waals surface area contributed by atoms with Crippen molar-refractivity contribution in [2.24, 2.45) is 0 Å². The smallest absolute Gasteiger partial charge is 0.410 e. The van der Waals surface area contributed by atoms with E-state index in [-0.39, 0.29) is 23.9 Å². The van der Waals surface area contributed by atoms with E-state index in [1.807, 2.05) is 45.0 Å². The minimum absolute atomic E-state index is 0.0516. The fourth-order valence-corrected chi connectivity index (χ4v) is 4.17. The third-order valence-electron chi connectivity index (χ3n) is 5.55. The van der Waals surface area contributed by atoms with Crippen LogP contribution in [0.1, 0.15) is 56.8 Å². The molecule has 0 aliphatic carbocycles. The molecule has 2 heterocycles. The minimum Gasteiger partial charge on any atom is -0.485 e. The molecule has 0 N–H and O–H groups in total. The number of rotatable bonds is 2. The monoisotopic (exact) mass is 447 g/mol. The molecular formula is C24H27ClFNO4. The second-order valence-corrected chi connectivity index (χ2v) is 9.44. The van der Waals surface area contributed by atoms with Gasteiger partial charge in [-0.05, 0) is 69.4 Å². The molecule has 2 aromatic carbocycles. The Bertz CT molecular complexity index is 949. The highest BCUT2D eigenvalue weighted by molar-refractivity contribution is 6.30. The van der Waals surface area contributed by atoms with Crippen LogP contribution in [0.4, 0.5) is 9.18 Å². The molecule has 1 fully saturated rings. The molecule has 0 unspecified atom stereocenters. The molecule has 1 amide bonds. The first-order chi connectivity index (χ1) is 14.7. The van der Waals surface area contributed by atoms with Gasteiger partial charge in [0.1, 0.15) is 18.0 Å². The predicted molar refractivity (Wildman–Crippen MR) is 116 cm³/mol. The van der Waals surface area contributed by atoms with Crippen molar-refractivity contribution in [3.05, 3.63) is 58.4 Å². The first-order valence-corrected chi connectivity index (χ1v) is 10.9. The number of carbonyl (C=O) groups is 1. The zero-order valence-electron chi connectivity index (χ0n) is 18.0. The van der Waals surface area contributed by atoms with E-state index >= 15 is 0 Å². The Kier molecular flexibility index (Phi) is 6.02. The highest BCUT2D eigenvalue weighted by atomic mass is 35.5. The van der Waals surface area contributed by atoms with Crippen molar-refractivity contribution in [1.29, 1.82) is 0 Å². The van der Waals surface area contributed by atoms with Gasteiger partial charge in [0.25, 0.3) is 0 Å². The first kappa shape index (κ1) is 21.8. The Hall–Kier alpha value is -2.47. The van der Waals surface area contributed by atoms with Gasteiger partial charge in [0, 0.05) is 23.7 Å². The lowest BCUT2D eigenvalue weighted by Gasteiger charge is -2.35. The van der Waals surface area contributed by atoms with Gasteiger partial charge in [-0.25, -0.2) is 9.18 Å². The van der Waals surface area contributed by atoms with Crippen molar-refractivity contribution in [3.63, 3.8) is 0 Å². The van der Waals surface area contributed by atoms with E-state index in [4.69, 9.17) is 25.8 Å². The van der Waals surface area contributed by atoms with Crippen LogP contribution in [0.5, 0.6) is 11.5 Å². The summed E-state index contributed by atoms with van der Waals surface area (Å²) >= 11 is 5.97. The molecule has 0 bridgehead atoms. The molecule has 0 saturated carbocycles. The molecule has 2 aliphatic heterocycles. The van der Waals surface area contributed by atoms with E-state index in [2.05, 4.69) is 0 Å². The molecular weight excluding hydrogens is 421 g/mol. The average Bonchev–Trinajstić information content (AvgIpc) is 2.73. The lowest BCUT2D eigenvalue weighted by Crippen LogP contribution is -2.41. The maximum Gasteiger partial charge on any atom is 0.410 e. The molecule has 166 valence electrons. The summed E-state index contributed by atoms with van der Waals surface area (Å²) in [6.07, 6.45) is 0.664. The first-order valence-electron chi connectivity index (χ1n) is 10.6. The fraction of sp³-hybridized carbons (Fsp3) is 0.458. The van der Waals surface area contributed by atoms with Crippen LogP contribution >= 0.6 is 11.6 Å². The van der Waals surface area contributed by atoms with Gasteiger partial charge in [-0.2, -0.15) is 0 Å². The van der Waals surface area contributed by atoms with Crippen LogP contribution < -0.4 is 9.47 Å². The number of halogens is 2. The number of carbonyl (C=O) groups excluding carboxylic acids is 1. The highest BCUT2D eigenvalue weighted by Crippen LogP contribution is 2.45. The second kappa shape index (κ2) is 8.58. The van der Waals surface area contributed by atoms with Gasteiger partial charge in [-0.15, -0.1) is 0 Å². The molecule has 0 aromatic heterocycles. The van der Waals surface area contributed by atoms with Gasteiger partial charge in [0.05, 0.1) is 0 Å².